The van der Waals surface area contributed by atoms with E-state index in [2.05, 4.69) is 0 Å². The molecule has 1 aliphatic carbocycles. The molecule has 114 valence electrons. The Hall–Kier alpha value is -1.30. The smallest absolute Gasteiger partial charge is 0.320 e. The summed E-state index contributed by atoms with van der Waals surface area (Å²) in [6.45, 7) is 3.98. The Morgan fingerprint density at radius 1 is 1.35 bits per heavy atom. The summed E-state index contributed by atoms with van der Waals surface area (Å²) < 4.78 is 5.06. The van der Waals surface area contributed by atoms with Gasteiger partial charge in [-0.25, -0.2) is 4.79 Å². The zero-order chi connectivity index (χ0) is 14.8. The van der Waals surface area contributed by atoms with Crippen LogP contribution in [0.25, 0.3) is 0 Å². The van der Waals surface area contributed by atoms with Crippen molar-refractivity contribution in [1.82, 2.24) is 9.80 Å². The minimum atomic E-state index is -0.761. The average molecular weight is 284 g/mol. The van der Waals surface area contributed by atoms with Crippen molar-refractivity contribution in [2.75, 3.05) is 33.4 Å². The maximum absolute atomic E-state index is 12.5. The van der Waals surface area contributed by atoms with E-state index >= 15 is 0 Å². The van der Waals surface area contributed by atoms with Crippen molar-refractivity contribution in [3.8, 4) is 0 Å². The van der Waals surface area contributed by atoms with Crippen LogP contribution in [0.5, 0.6) is 0 Å². The van der Waals surface area contributed by atoms with Gasteiger partial charge >= 0.3 is 12.0 Å². The molecule has 20 heavy (non-hydrogen) atoms. The number of hydrogen-bond acceptors (Lipinski definition) is 3. The van der Waals surface area contributed by atoms with E-state index in [4.69, 9.17) is 4.74 Å². The van der Waals surface area contributed by atoms with Crippen molar-refractivity contribution in [2.45, 2.75) is 38.6 Å². The van der Waals surface area contributed by atoms with E-state index in [1.807, 2.05) is 4.90 Å². The maximum atomic E-state index is 12.5. The Bertz CT molecular complexity index is 373. The molecule has 0 aromatic heterocycles. The summed E-state index contributed by atoms with van der Waals surface area (Å²) in [5.41, 5.74) is -0.687. The number of amides is 2. The largest absolute Gasteiger partial charge is 0.481 e. The molecular formula is C14H24N2O4. The first-order valence-corrected chi connectivity index (χ1v) is 7.26. The van der Waals surface area contributed by atoms with Crippen LogP contribution in [-0.2, 0) is 9.53 Å². The number of hydrogen-bond donors (Lipinski definition) is 1. The highest BCUT2D eigenvalue weighted by molar-refractivity contribution is 5.77. The average Bonchev–Trinajstić information content (AvgIpc) is 3.24. The van der Waals surface area contributed by atoms with Gasteiger partial charge in [-0.05, 0) is 32.6 Å². The molecule has 0 atom stereocenters. The number of carboxylic acid groups (broad SMARTS) is 1. The first kappa shape index (κ1) is 15.1. The van der Waals surface area contributed by atoms with Crippen LogP contribution in [-0.4, -0.2) is 66.3 Å². The number of carbonyl (C=O) groups is 2. The molecular weight excluding hydrogens is 260 g/mol. The Kier molecular flexibility index (Phi) is 4.52. The van der Waals surface area contributed by atoms with Gasteiger partial charge in [-0.2, -0.15) is 0 Å². The summed E-state index contributed by atoms with van der Waals surface area (Å²) in [5.74, 6) is -0.761. The molecule has 2 amide bonds. The van der Waals surface area contributed by atoms with Crippen LogP contribution in [0.1, 0.15) is 32.6 Å². The second-order valence-electron chi connectivity index (χ2n) is 6.05. The molecule has 6 heteroatoms. The number of likely N-dealkylation sites (tertiary alicyclic amines) is 1. The number of ether oxygens (including phenoxy) is 1. The highest BCUT2D eigenvalue weighted by Crippen LogP contribution is 2.33. The molecule has 1 heterocycles. The molecule has 1 N–H and O–H groups in total. The van der Waals surface area contributed by atoms with E-state index in [9.17, 15) is 14.7 Å². The topological polar surface area (TPSA) is 70.1 Å². The lowest BCUT2D eigenvalue weighted by Gasteiger charge is -2.39. The summed E-state index contributed by atoms with van der Waals surface area (Å²) >= 11 is 0. The minimum Gasteiger partial charge on any atom is -0.481 e. The first-order valence-electron chi connectivity index (χ1n) is 7.26. The van der Waals surface area contributed by atoms with Gasteiger partial charge in [0, 0.05) is 32.8 Å². The summed E-state index contributed by atoms with van der Waals surface area (Å²) in [4.78, 5) is 27.4. The van der Waals surface area contributed by atoms with Gasteiger partial charge in [-0.3, -0.25) is 4.79 Å². The molecule has 1 aliphatic heterocycles. The van der Waals surface area contributed by atoms with Gasteiger partial charge in [0.05, 0.1) is 12.0 Å². The lowest BCUT2D eigenvalue weighted by atomic mass is 9.80. The highest BCUT2D eigenvalue weighted by Gasteiger charge is 2.41. The lowest BCUT2D eigenvalue weighted by molar-refractivity contribution is -0.150. The third kappa shape index (κ3) is 3.23. The van der Waals surface area contributed by atoms with Crippen molar-refractivity contribution in [3.05, 3.63) is 0 Å². The molecule has 2 rings (SSSR count). The van der Waals surface area contributed by atoms with E-state index in [-0.39, 0.29) is 6.03 Å². The first-order chi connectivity index (χ1) is 9.48. The Labute approximate surface area is 119 Å². The van der Waals surface area contributed by atoms with Gasteiger partial charge in [0.15, 0.2) is 0 Å². The molecule has 0 aromatic carbocycles. The molecule has 1 saturated carbocycles. The van der Waals surface area contributed by atoms with Crippen LogP contribution in [0.4, 0.5) is 4.79 Å². The monoisotopic (exact) mass is 284 g/mol. The van der Waals surface area contributed by atoms with E-state index in [0.717, 1.165) is 12.8 Å². The fourth-order valence-corrected chi connectivity index (χ4v) is 2.60. The summed E-state index contributed by atoms with van der Waals surface area (Å²) in [6.07, 6.45) is 3.18. The van der Waals surface area contributed by atoms with Crippen LogP contribution in [0.15, 0.2) is 0 Å². The zero-order valence-corrected chi connectivity index (χ0v) is 12.3. The predicted molar refractivity (Wildman–Crippen MR) is 73.5 cm³/mol. The van der Waals surface area contributed by atoms with Crippen LogP contribution in [0.2, 0.25) is 0 Å². The van der Waals surface area contributed by atoms with E-state index < -0.39 is 11.4 Å². The number of urea groups is 1. The standard InChI is InChI=1S/C14H24N2O4/c1-14(12(17)18)5-7-15(8-6-14)13(19)16(9-10-20-2)11-3-4-11/h11H,3-10H2,1-2H3,(H,17,18). The van der Waals surface area contributed by atoms with Crippen molar-refractivity contribution < 1.29 is 19.4 Å². The van der Waals surface area contributed by atoms with Gasteiger partial charge in [-0.15, -0.1) is 0 Å². The van der Waals surface area contributed by atoms with Gasteiger partial charge < -0.3 is 19.6 Å². The van der Waals surface area contributed by atoms with Crippen LogP contribution >= 0.6 is 0 Å². The number of carbonyl (C=O) groups excluding carboxylic acids is 1. The minimum absolute atomic E-state index is 0.0389. The summed E-state index contributed by atoms with van der Waals surface area (Å²) in [6, 6.07) is 0.391. The van der Waals surface area contributed by atoms with Crippen LogP contribution in [0, 0.1) is 5.41 Å². The number of piperidine rings is 1. The molecule has 0 aromatic rings. The Morgan fingerprint density at radius 3 is 2.40 bits per heavy atom. The molecule has 2 aliphatic rings. The van der Waals surface area contributed by atoms with Crippen LogP contribution < -0.4 is 0 Å². The maximum Gasteiger partial charge on any atom is 0.320 e. The van der Waals surface area contributed by atoms with Gasteiger partial charge in [0.25, 0.3) is 0 Å². The van der Waals surface area contributed by atoms with Gasteiger partial charge in [-0.1, -0.05) is 0 Å². The van der Waals surface area contributed by atoms with Crippen molar-refractivity contribution >= 4 is 12.0 Å². The van der Waals surface area contributed by atoms with Gasteiger partial charge in [0.2, 0.25) is 0 Å². The fraction of sp³-hybridized carbons (Fsp3) is 0.857. The Morgan fingerprint density at radius 2 is 1.95 bits per heavy atom. The third-order valence-electron chi connectivity index (χ3n) is 4.42. The zero-order valence-electron chi connectivity index (χ0n) is 12.3. The number of aliphatic carboxylic acids is 1. The molecule has 0 unspecified atom stereocenters. The van der Waals surface area contributed by atoms with Gasteiger partial charge in [0.1, 0.15) is 0 Å². The van der Waals surface area contributed by atoms with Crippen molar-refractivity contribution in [1.29, 1.82) is 0 Å². The molecule has 2 fully saturated rings. The molecule has 0 spiro atoms. The fourth-order valence-electron chi connectivity index (χ4n) is 2.60. The highest BCUT2D eigenvalue weighted by atomic mass is 16.5. The number of rotatable bonds is 5. The third-order valence-corrected chi connectivity index (χ3v) is 4.42. The second kappa shape index (κ2) is 5.99. The summed E-state index contributed by atoms with van der Waals surface area (Å²) in [7, 11) is 1.63. The number of carboxylic acids is 1. The van der Waals surface area contributed by atoms with E-state index in [0.29, 0.717) is 45.1 Å². The molecule has 0 bridgehead atoms. The normalized spacial score (nSPS) is 21.6. The predicted octanol–water partition coefficient (Wildman–Crippen LogP) is 1.40. The van der Waals surface area contributed by atoms with Crippen LogP contribution in [0.3, 0.4) is 0 Å². The van der Waals surface area contributed by atoms with E-state index in [1.54, 1.807) is 18.9 Å². The molecule has 6 nitrogen and oxygen atoms in total. The van der Waals surface area contributed by atoms with E-state index in [1.165, 1.54) is 0 Å². The number of methoxy groups -OCH3 is 1. The quantitative estimate of drug-likeness (QED) is 0.828. The SMILES string of the molecule is COCCN(C(=O)N1CCC(C)(C(=O)O)CC1)C1CC1. The molecule has 1 saturated heterocycles. The number of nitrogens with zero attached hydrogens (tertiary/aromatic N) is 2. The van der Waals surface area contributed by atoms with Crippen molar-refractivity contribution in [3.63, 3.8) is 0 Å². The summed E-state index contributed by atoms with van der Waals surface area (Å²) in [5, 5.41) is 9.22. The second-order valence-corrected chi connectivity index (χ2v) is 6.05. The van der Waals surface area contributed by atoms with Crippen molar-refractivity contribution in [2.24, 2.45) is 5.41 Å². The Balaban J connectivity index is 1.91. The molecule has 0 radical (unpaired) electrons. The lowest BCUT2D eigenvalue weighted by Crippen LogP contribution is -2.51.